The monoisotopic (exact) mass is 302 g/mol. The first-order chi connectivity index (χ1) is 10.1. The second-order valence-electron chi connectivity index (χ2n) is 4.51. The van der Waals surface area contributed by atoms with Crippen LogP contribution in [0.25, 0.3) is 0 Å². The van der Waals surface area contributed by atoms with Crippen LogP contribution < -0.4 is 15.4 Å². The maximum atomic E-state index is 12.1. The number of urea groups is 1. The van der Waals surface area contributed by atoms with Gasteiger partial charge in [0.05, 0.1) is 12.8 Å². The van der Waals surface area contributed by atoms with Crippen molar-refractivity contribution in [2.24, 2.45) is 0 Å². The molecule has 21 heavy (non-hydrogen) atoms. The largest absolute Gasteiger partial charge is 0.495 e. The van der Waals surface area contributed by atoms with Crippen LogP contribution in [0.15, 0.2) is 47.4 Å². The summed E-state index contributed by atoms with van der Waals surface area (Å²) in [6, 6.07) is 13.0. The predicted molar refractivity (Wildman–Crippen MR) is 88.6 cm³/mol. The third-order valence-corrected chi connectivity index (χ3v) is 3.66. The molecule has 0 saturated carbocycles. The molecule has 2 N–H and O–H groups in total. The Morgan fingerprint density at radius 2 is 1.95 bits per heavy atom. The van der Waals surface area contributed by atoms with Gasteiger partial charge >= 0.3 is 6.03 Å². The van der Waals surface area contributed by atoms with Crippen molar-refractivity contribution in [2.45, 2.75) is 11.8 Å². The van der Waals surface area contributed by atoms with E-state index in [-0.39, 0.29) is 6.03 Å². The zero-order valence-corrected chi connectivity index (χ0v) is 13.1. The summed E-state index contributed by atoms with van der Waals surface area (Å²) in [5, 5.41) is 5.62. The van der Waals surface area contributed by atoms with E-state index >= 15 is 0 Å². The highest BCUT2D eigenvalue weighted by atomic mass is 32.2. The molecule has 0 aromatic heterocycles. The van der Waals surface area contributed by atoms with E-state index in [4.69, 9.17) is 4.74 Å². The Kier molecular flexibility index (Phi) is 5.11. The molecule has 2 amide bonds. The minimum atomic E-state index is -0.294. The molecule has 0 unspecified atom stereocenters. The molecule has 0 heterocycles. The average molecular weight is 302 g/mol. The molecule has 0 radical (unpaired) electrons. The van der Waals surface area contributed by atoms with Gasteiger partial charge in [0.15, 0.2) is 0 Å². The van der Waals surface area contributed by atoms with E-state index in [0.717, 1.165) is 16.1 Å². The molecule has 4 nitrogen and oxygen atoms in total. The molecule has 0 aliphatic heterocycles. The van der Waals surface area contributed by atoms with Crippen LogP contribution >= 0.6 is 11.8 Å². The number of benzene rings is 2. The number of amides is 2. The zero-order chi connectivity index (χ0) is 15.2. The summed E-state index contributed by atoms with van der Waals surface area (Å²) < 4.78 is 5.24. The Hall–Kier alpha value is -2.14. The number of methoxy groups -OCH3 is 1. The summed E-state index contributed by atoms with van der Waals surface area (Å²) in [4.78, 5) is 13.2. The molecule has 2 aromatic carbocycles. The van der Waals surface area contributed by atoms with E-state index in [1.165, 1.54) is 0 Å². The van der Waals surface area contributed by atoms with Gasteiger partial charge in [-0.1, -0.05) is 12.1 Å². The van der Waals surface area contributed by atoms with Gasteiger partial charge in [0.25, 0.3) is 0 Å². The van der Waals surface area contributed by atoms with Gasteiger partial charge in [0.1, 0.15) is 5.75 Å². The number of rotatable bonds is 4. The highest BCUT2D eigenvalue weighted by Gasteiger charge is 2.08. The number of thioether (sulfide) groups is 1. The fourth-order valence-corrected chi connectivity index (χ4v) is 2.36. The smallest absolute Gasteiger partial charge is 0.323 e. The molecule has 110 valence electrons. The minimum absolute atomic E-state index is 0.294. The van der Waals surface area contributed by atoms with Crippen LogP contribution in [0.1, 0.15) is 5.56 Å². The molecule has 2 rings (SSSR count). The van der Waals surface area contributed by atoms with E-state index in [1.54, 1.807) is 18.9 Å². The highest BCUT2D eigenvalue weighted by molar-refractivity contribution is 7.98. The SMILES string of the molecule is COc1ccc(C)cc1NC(=O)Nc1cccc(SC)c1. The molecule has 0 atom stereocenters. The van der Waals surface area contributed by atoms with Gasteiger partial charge in [-0.25, -0.2) is 4.79 Å². The Morgan fingerprint density at radius 3 is 2.67 bits per heavy atom. The van der Waals surface area contributed by atoms with Crippen molar-refractivity contribution in [1.82, 2.24) is 0 Å². The number of hydrogen-bond acceptors (Lipinski definition) is 3. The minimum Gasteiger partial charge on any atom is -0.495 e. The van der Waals surface area contributed by atoms with Gasteiger partial charge in [0, 0.05) is 10.6 Å². The summed E-state index contributed by atoms with van der Waals surface area (Å²) in [6.07, 6.45) is 2.00. The predicted octanol–water partition coefficient (Wildman–Crippen LogP) is 4.37. The van der Waals surface area contributed by atoms with Crippen molar-refractivity contribution in [1.29, 1.82) is 0 Å². The van der Waals surface area contributed by atoms with Gasteiger partial charge in [-0.3, -0.25) is 0 Å². The first-order valence-corrected chi connectivity index (χ1v) is 7.71. The van der Waals surface area contributed by atoms with Crippen molar-refractivity contribution in [3.05, 3.63) is 48.0 Å². The molecule has 0 aliphatic carbocycles. The molecule has 5 heteroatoms. The van der Waals surface area contributed by atoms with Crippen LogP contribution in [0.5, 0.6) is 5.75 Å². The third-order valence-electron chi connectivity index (χ3n) is 2.93. The van der Waals surface area contributed by atoms with Gasteiger partial charge in [-0.05, 0) is 49.1 Å². The number of carbonyl (C=O) groups excluding carboxylic acids is 1. The topological polar surface area (TPSA) is 50.4 Å². The number of ether oxygens (including phenoxy) is 1. The molecule has 0 fully saturated rings. The van der Waals surface area contributed by atoms with Crippen LogP contribution in [-0.4, -0.2) is 19.4 Å². The Bertz CT molecular complexity index is 644. The summed E-state index contributed by atoms with van der Waals surface area (Å²) >= 11 is 1.63. The number of nitrogens with one attached hydrogen (secondary N) is 2. The lowest BCUT2D eigenvalue weighted by atomic mass is 10.2. The highest BCUT2D eigenvalue weighted by Crippen LogP contribution is 2.25. The number of hydrogen-bond donors (Lipinski definition) is 2. The van der Waals surface area contributed by atoms with E-state index in [9.17, 15) is 4.79 Å². The number of aryl methyl sites for hydroxylation is 1. The molecule has 0 bridgehead atoms. The normalized spacial score (nSPS) is 10.0. The molecule has 0 aliphatic rings. The number of carbonyl (C=O) groups is 1. The molecule has 2 aromatic rings. The Morgan fingerprint density at radius 1 is 1.14 bits per heavy atom. The summed E-state index contributed by atoms with van der Waals surface area (Å²) in [5.41, 5.74) is 2.46. The fraction of sp³-hybridized carbons (Fsp3) is 0.188. The quantitative estimate of drug-likeness (QED) is 0.825. The van der Waals surface area contributed by atoms with E-state index < -0.39 is 0 Å². The molecule has 0 spiro atoms. The fourth-order valence-electron chi connectivity index (χ4n) is 1.90. The average Bonchev–Trinajstić information content (AvgIpc) is 2.47. The zero-order valence-electron chi connectivity index (χ0n) is 12.3. The van der Waals surface area contributed by atoms with E-state index in [2.05, 4.69) is 10.6 Å². The van der Waals surface area contributed by atoms with E-state index in [0.29, 0.717) is 11.4 Å². The summed E-state index contributed by atoms with van der Waals surface area (Å²) in [5.74, 6) is 0.633. The Labute approximate surface area is 128 Å². The summed E-state index contributed by atoms with van der Waals surface area (Å²) in [7, 11) is 1.58. The van der Waals surface area contributed by atoms with Crippen LogP contribution in [0.4, 0.5) is 16.2 Å². The lowest BCUT2D eigenvalue weighted by Crippen LogP contribution is -2.19. The van der Waals surface area contributed by atoms with Crippen LogP contribution in [0.2, 0.25) is 0 Å². The van der Waals surface area contributed by atoms with Crippen molar-refractivity contribution in [3.63, 3.8) is 0 Å². The van der Waals surface area contributed by atoms with Crippen LogP contribution in [0.3, 0.4) is 0 Å². The molecular formula is C16H18N2O2S. The van der Waals surface area contributed by atoms with Gasteiger partial charge in [-0.2, -0.15) is 0 Å². The Balaban J connectivity index is 2.09. The van der Waals surface area contributed by atoms with Crippen molar-refractivity contribution in [2.75, 3.05) is 24.0 Å². The first kappa shape index (κ1) is 15.3. The molecular weight excluding hydrogens is 284 g/mol. The number of anilines is 2. The van der Waals surface area contributed by atoms with Crippen molar-refractivity contribution in [3.8, 4) is 5.75 Å². The first-order valence-electron chi connectivity index (χ1n) is 6.49. The lowest BCUT2D eigenvalue weighted by Gasteiger charge is -2.12. The second-order valence-corrected chi connectivity index (χ2v) is 5.39. The van der Waals surface area contributed by atoms with Crippen molar-refractivity contribution >= 4 is 29.2 Å². The standard InChI is InChI=1S/C16H18N2O2S/c1-11-7-8-15(20-2)14(9-11)18-16(19)17-12-5-4-6-13(10-12)21-3/h4-10H,1-3H3,(H2,17,18,19). The van der Waals surface area contributed by atoms with E-state index in [1.807, 2.05) is 55.6 Å². The third kappa shape index (κ3) is 4.16. The van der Waals surface area contributed by atoms with Crippen molar-refractivity contribution < 1.29 is 9.53 Å². The summed E-state index contributed by atoms with van der Waals surface area (Å²) in [6.45, 7) is 1.96. The van der Waals surface area contributed by atoms with Gasteiger partial charge < -0.3 is 15.4 Å². The van der Waals surface area contributed by atoms with Crippen LogP contribution in [0, 0.1) is 6.92 Å². The second kappa shape index (κ2) is 7.04. The maximum Gasteiger partial charge on any atom is 0.323 e. The van der Waals surface area contributed by atoms with Gasteiger partial charge in [-0.15, -0.1) is 11.8 Å². The van der Waals surface area contributed by atoms with Gasteiger partial charge in [0.2, 0.25) is 0 Å². The lowest BCUT2D eigenvalue weighted by molar-refractivity contribution is 0.262. The molecule has 0 saturated heterocycles. The van der Waals surface area contributed by atoms with Crippen LogP contribution in [-0.2, 0) is 0 Å². The maximum absolute atomic E-state index is 12.1.